The lowest BCUT2D eigenvalue weighted by atomic mass is 9.69. The van der Waals surface area contributed by atoms with Crippen molar-refractivity contribution in [3.05, 3.63) is 108 Å². The Morgan fingerprint density at radius 3 is 1.62 bits per heavy atom. The SMILES string of the molecule is CSC(NC(=O)OC(C)(C)C)C(C(=O)c1ccccc1)(c1ccccc1)c1ccccc1. The number of carbonyl (C=O) groups excluding carboxylic acids is 2. The van der Waals surface area contributed by atoms with Crippen molar-refractivity contribution in [2.75, 3.05) is 6.26 Å². The van der Waals surface area contributed by atoms with Gasteiger partial charge in [0.15, 0.2) is 5.78 Å². The van der Waals surface area contributed by atoms with Gasteiger partial charge in [-0.25, -0.2) is 4.79 Å². The van der Waals surface area contributed by atoms with Crippen LogP contribution in [0.15, 0.2) is 91.0 Å². The van der Waals surface area contributed by atoms with Gasteiger partial charge < -0.3 is 10.1 Å². The maximum absolute atomic E-state index is 14.3. The van der Waals surface area contributed by atoms with Gasteiger partial charge in [-0.2, -0.15) is 0 Å². The van der Waals surface area contributed by atoms with Crippen LogP contribution in [0.4, 0.5) is 4.79 Å². The number of amides is 1. The summed E-state index contributed by atoms with van der Waals surface area (Å²) in [4.78, 5) is 27.2. The smallest absolute Gasteiger partial charge is 0.408 e. The molecule has 5 heteroatoms. The molecule has 3 aromatic carbocycles. The van der Waals surface area contributed by atoms with Crippen LogP contribution >= 0.6 is 11.8 Å². The second kappa shape index (κ2) is 10.0. The molecule has 0 aliphatic heterocycles. The number of alkyl carbamates (subject to hydrolysis) is 1. The van der Waals surface area contributed by atoms with Crippen molar-refractivity contribution < 1.29 is 14.3 Å². The van der Waals surface area contributed by atoms with Crippen LogP contribution in [0.25, 0.3) is 0 Å². The Morgan fingerprint density at radius 1 is 0.781 bits per heavy atom. The first kappa shape index (κ1) is 23.6. The minimum absolute atomic E-state index is 0.0918. The molecule has 4 nitrogen and oxygen atoms in total. The van der Waals surface area contributed by atoms with Gasteiger partial charge in [0.05, 0.1) is 5.37 Å². The molecule has 1 atom stereocenters. The summed E-state index contributed by atoms with van der Waals surface area (Å²) in [5.74, 6) is -0.0918. The molecule has 3 aromatic rings. The number of thioether (sulfide) groups is 1. The molecular weight excluding hydrogens is 418 g/mol. The minimum Gasteiger partial charge on any atom is -0.444 e. The molecule has 1 N–H and O–H groups in total. The Bertz CT molecular complexity index is 991. The van der Waals surface area contributed by atoms with Gasteiger partial charge in [-0.15, -0.1) is 11.8 Å². The zero-order valence-corrected chi connectivity index (χ0v) is 19.7. The molecule has 0 fully saturated rings. The summed E-state index contributed by atoms with van der Waals surface area (Å²) in [6, 6.07) is 28.5. The molecule has 1 amide bonds. The standard InChI is InChI=1S/C27H29NO3S/c1-26(2,3)31-25(30)28-24(32-4)27(21-16-10-6-11-17-21,22-18-12-7-13-19-22)23(29)20-14-8-5-9-15-20/h5-19,24H,1-4H3,(H,28,30). The second-order valence-corrected chi connectivity index (χ2v) is 9.44. The van der Waals surface area contributed by atoms with E-state index in [2.05, 4.69) is 5.32 Å². The average molecular weight is 448 g/mol. The van der Waals surface area contributed by atoms with Crippen LogP contribution in [-0.4, -0.2) is 29.1 Å². The molecule has 0 radical (unpaired) electrons. The highest BCUT2D eigenvalue weighted by atomic mass is 32.2. The summed E-state index contributed by atoms with van der Waals surface area (Å²) in [6.45, 7) is 5.45. The number of hydrogen-bond donors (Lipinski definition) is 1. The number of Topliss-reactive ketones (excluding diaryl/α,β-unsaturated/α-hetero) is 1. The summed E-state index contributed by atoms with van der Waals surface area (Å²) < 4.78 is 5.55. The van der Waals surface area contributed by atoms with Gasteiger partial charge in [0.2, 0.25) is 0 Å². The molecule has 0 bridgehead atoms. The molecule has 3 rings (SSSR count). The number of ether oxygens (including phenoxy) is 1. The highest BCUT2D eigenvalue weighted by molar-refractivity contribution is 7.99. The second-order valence-electron chi connectivity index (χ2n) is 8.50. The third-order valence-corrected chi connectivity index (χ3v) is 6.07. The van der Waals surface area contributed by atoms with Crippen molar-refractivity contribution in [3.8, 4) is 0 Å². The van der Waals surface area contributed by atoms with Crippen molar-refractivity contribution in [1.82, 2.24) is 5.32 Å². The first-order chi connectivity index (χ1) is 15.3. The average Bonchev–Trinajstić information content (AvgIpc) is 2.79. The molecule has 0 saturated carbocycles. The van der Waals surface area contributed by atoms with Gasteiger partial charge in [-0.05, 0) is 38.2 Å². The lowest BCUT2D eigenvalue weighted by molar-refractivity contribution is 0.0508. The van der Waals surface area contributed by atoms with Crippen molar-refractivity contribution in [3.63, 3.8) is 0 Å². The van der Waals surface area contributed by atoms with Crippen LogP contribution in [0.3, 0.4) is 0 Å². The first-order valence-corrected chi connectivity index (χ1v) is 11.8. The molecule has 1 unspecified atom stereocenters. The molecule has 32 heavy (non-hydrogen) atoms. The molecule has 0 aliphatic rings. The summed E-state index contributed by atoms with van der Waals surface area (Å²) in [5.41, 5.74) is 0.356. The van der Waals surface area contributed by atoms with E-state index in [4.69, 9.17) is 4.74 Å². The van der Waals surface area contributed by atoms with Gasteiger partial charge >= 0.3 is 6.09 Å². The third kappa shape index (κ3) is 5.05. The topological polar surface area (TPSA) is 55.4 Å². The van der Waals surface area contributed by atoms with Crippen molar-refractivity contribution >= 4 is 23.6 Å². The highest BCUT2D eigenvalue weighted by Crippen LogP contribution is 2.42. The van der Waals surface area contributed by atoms with E-state index in [9.17, 15) is 9.59 Å². The van der Waals surface area contributed by atoms with E-state index in [1.165, 1.54) is 11.8 Å². The zero-order valence-electron chi connectivity index (χ0n) is 18.9. The summed E-state index contributed by atoms with van der Waals surface area (Å²) in [7, 11) is 0. The quantitative estimate of drug-likeness (QED) is 0.353. The predicted molar refractivity (Wildman–Crippen MR) is 131 cm³/mol. The third-order valence-electron chi connectivity index (χ3n) is 5.13. The fraction of sp³-hybridized carbons (Fsp3) is 0.259. The van der Waals surface area contributed by atoms with Crippen LogP contribution in [0.5, 0.6) is 0 Å². The molecule has 0 heterocycles. The number of hydrogen-bond acceptors (Lipinski definition) is 4. The summed E-state index contributed by atoms with van der Waals surface area (Å²) >= 11 is 1.41. The molecule has 0 spiro atoms. The maximum Gasteiger partial charge on any atom is 0.408 e. The summed E-state index contributed by atoms with van der Waals surface area (Å²) in [5, 5.41) is 2.38. The fourth-order valence-electron chi connectivity index (χ4n) is 3.83. The largest absolute Gasteiger partial charge is 0.444 e. The van der Waals surface area contributed by atoms with Crippen LogP contribution in [-0.2, 0) is 10.2 Å². The Hall–Kier alpha value is -3.05. The normalized spacial score (nSPS) is 12.6. The number of carbonyl (C=O) groups is 2. The van der Waals surface area contributed by atoms with Crippen LogP contribution < -0.4 is 5.32 Å². The lowest BCUT2D eigenvalue weighted by Gasteiger charge is -2.40. The van der Waals surface area contributed by atoms with E-state index < -0.39 is 22.5 Å². The van der Waals surface area contributed by atoms with Gasteiger partial charge in [-0.1, -0.05) is 91.0 Å². The Balaban J connectivity index is 2.25. The van der Waals surface area contributed by atoms with Gasteiger partial charge in [0.1, 0.15) is 11.0 Å². The van der Waals surface area contributed by atoms with Crippen molar-refractivity contribution in [1.29, 1.82) is 0 Å². The number of benzene rings is 3. The van der Waals surface area contributed by atoms with Gasteiger partial charge in [-0.3, -0.25) is 4.79 Å². The first-order valence-electron chi connectivity index (χ1n) is 10.5. The van der Waals surface area contributed by atoms with Crippen LogP contribution in [0, 0.1) is 0 Å². The number of rotatable bonds is 7. The van der Waals surface area contributed by atoms with Gasteiger partial charge in [0, 0.05) is 5.56 Å². The van der Waals surface area contributed by atoms with E-state index in [1.54, 1.807) is 0 Å². The van der Waals surface area contributed by atoms with Crippen molar-refractivity contribution in [2.45, 2.75) is 37.2 Å². The van der Waals surface area contributed by atoms with E-state index >= 15 is 0 Å². The van der Waals surface area contributed by atoms with Crippen LogP contribution in [0.2, 0.25) is 0 Å². The van der Waals surface area contributed by atoms with E-state index in [-0.39, 0.29) is 5.78 Å². The monoisotopic (exact) mass is 447 g/mol. The van der Waals surface area contributed by atoms with Crippen LogP contribution in [0.1, 0.15) is 42.3 Å². The van der Waals surface area contributed by atoms with E-state index in [0.717, 1.165) is 11.1 Å². The number of nitrogens with one attached hydrogen (secondary N) is 1. The number of ketones is 1. The molecule has 166 valence electrons. The van der Waals surface area contributed by atoms with Gasteiger partial charge in [0.25, 0.3) is 0 Å². The predicted octanol–water partition coefficient (Wildman–Crippen LogP) is 6.07. The van der Waals surface area contributed by atoms with Crippen molar-refractivity contribution in [2.24, 2.45) is 0 Å². The Kier molecular flexibility index (Phi) is 7.41. The summed E-state index contributed by atoms with van der Waals surface area (Å²) in [6.07, 6.45) is 1.33. The molecule has 0 aromatic heterocycles. The molecule has 0 aliphatic carbocycles. The molecular formula is C27H29NO3S. The Morgan fingerprint density at radius 2 is 1.22 bits per heavy atom. The lowest BCUT2D eigenvalue weighted by Crippen LogP contribution is -2.54. The highest BCUT2D eigenvalue weighted by Gasteiger charge is 2.49. The zero-order chi connectivity index (χ0) is 23.2. The fourth-order valence-corrected chi connectivity index (χ4v) is 4.78. The van der Waals surface area contributed by atoms with E-state index in [1.807, 2.05) is 118 Å². The molecule has 0 saturated heterocycles. The van der Waals surface area contributed by atoms with E-state index in [0.29, 0.717) is 5.56 Å². The Labute approximate surface area is 194 Å². The minimum atomic E-state index is -1.17. The maximum atomic E-state index is 14.3.